The highest BCUT2D eigenvalue weighted by atomic mass is 32.2. The zero-order valence-corrected chi connectivity index (χ0v) is 11.3. The Hall–Kier alpha value is -1.70. The molecule has 0 bridgehead atoms. The molecule has 1 aromatic carbocycles. The quantitative estimate of drug-likeness (QED) is 0.852. The summed E-state index contributed by atoms with van der Waals surface area (Å²) in [7, 11) is -3.91. The first kappa shape index (κ1) is 14.7. The summed E-state index contributed by atoms with van der Waals surface area (Å²) in [5.74, 6) is -0.810. The van der Waals surface area contributed by atoms with Crippen molar-refractivity contribution in [1.82, 2.24) is 4.72 Å². The Bertz CT molecular complexity index is 655. The highest BCUT2D eigenvalue weighted by molar-refractivity contribution is 7.89. The van der Waals surface area contributed by atoms with E-state index in [0.29, 0.717) is 5.56 Å². The van der Waals surface area contributed by atoms with Gasteiger partial charge in [-0.05, 0) is 24.6 Å². The van der Waals surface area contributed by atoms with Crippen molar-refractivity contribution in [2.24, 2.45) is 0 Å². The first-order valence-electron chi connectivity index (χ1n) is 5.95. The maximum Gasteiger partial charge on any atom is 0.243 e. The predicted octanol–water partition coefficient (Wildman–Crippen LogP) is 1.82. The van der Waals surface area contributed by atoms with Gasteiger partial charge < -0.3 is 9.52 Å². The van der Waals surface area contributed by atoms with Crippen LogP contribution < -0.4 is 4.72 Å². The maximum absolute atomic E-state index is 13.4. The third kappa shape index (κ3) is 3.44. The van der Waals surface area contributed by atoms with Gasteiger partial charge in [0.1, 0.15) is 10.7 Å². The zero-order valence-electron chi connectivity index (χ0n) is 10.5. The molecule has 0 amide bonds. The van der Waals surface area contributed by atoms with E-state index in [4.69, 9.17) is 4.42 Å². The molecule has 0 unspecified atom stereocenters. The van der Waals surface area contributed by atoms with Crippen LogP contribution in [0, 0.1) is 5.82 Å². The minimum atomic E-state index is -3.91. The number of sulfonamides is 1. The van der Waals surface area contributed by atoms with Gasteiger partial charge in [0.05, 0.1) is 18.6 Å². The van der Waals surface area contributed by atoms with Crippen LogP contribution in [0.2, 0.25) is 0 Å². The topological polar surface area (TPSA) is 79.5 Å². The minimum absolute atomic E-state index is 0.0109. The molecule has 1 atom stereocenters. The molecule has 0 radical (unpaired) electrons. The van der Waals surface area contributed by atoms with Gasteiger partial charge in [-0.25, -0.2) is 17.5 Å². The summed E-state index contributed by atoms with van der Waals surface area (Å²) in [5, 5.41) is 9.76. The zero-order chi connectivity index (χ0) is 14.6. The van der Waals surface area contributed by atoms with Crippen LogP contribution in [0.1, 0.15) is 18.1 Å². The number of aliphatic hydroxyl groups is 1. The second-order valence-corrected chi connectivity index (χ2v) is 5.92. The van der Waals surface area contributed by atoms with E-state index in [-0.39, 0.29) is 13.0 Å². The molecule has 2 rings (SSSR count). The van der Waals surface area contributed by atoms with Crippen LogP contribution in [0.4, 0.5) is 4.39 Å². The van der Waals surface area contributed by atoms with E-state index in [1.54, 1.807) is 6.07 Å². The highest BCUT2D eigenvalue weighted by Crippen LogP contribution is 2.17. The predicted molar refractivity (Wildman–Crippen MR) is 69.9 cm³/mol. The summed E-state index contributed by atoms with van der Waals surface area (Å²) in [6.07, 6.45) is 2.13. The Labute approximate surface area is 116 Å². The van der Waals surface area contributed by atoms with Crippen LogP contribution in [0.25, 0.3) is 0 Å². The molecule has 0 aliphatic carbocycles. The third-order valence-electron chi connectivity index (χ3n) is 2.76. The summed E-state index contributed by atoms with van der Waals surface area (Å²) < 4.78 is 44.2. The Morgan fingerprint density at radius 1 is 1.30 bits per heavy atom. The van der Waals surface area contributed by atoms with Crippen molar-refractivity contribution in [3.05, 3.63) is 54.2 Å². The maximum atomic E-state index is 13.4. The Kier molecular flexibility index (Phi) is 4.53. The molecule has 20 heavy (non-hydrogen) atoms. The van der Waals surface area contributed by atoms with Gasteiger partial charge >= 0.3 is 0 Å². The molecule has 0 saturated heterocycles. The largest absolute Gasteiger partial charge is 0.472 e. The lowest BCUT2D eigenvalue weighted by Gasteiger charge is -2.10. The van der Waals surface area contributed by atoms with Crippen molar-refractivity contribution in [1.29, 1.82) is 0 Å². The highest BCUT2D eigenvalue weighted by Gasteiger charge is 2.18. The number of halogens is 1. The second kappa shape index (κ2) is 6.17. The van der Waals surface area contributed by atoms with Gasteiger partial charge in [-0.1, -0.05) is 12.1 Å². The van der Waals surface area contributed by atoms with Crippen molar-refractivity contribution in [2.45, 2.75) is 17.4 Å². The number of aliphatic hydroxyl groups excluding tert-OH is 1. The third-order valence-corrected chi connectivity index (χ3v) is 4.26. The summed E-state index contributed by atoms with van der Waals surface area (Å²) >= 11 is 0. The fraction of sp³-hybridized carbons (Fsp3) is 0.231. The van der Waals surface area contributed by atoms with Crippen LogP contribution in [-0.2, 0) is 10.0 Å². The molecular weight excluding hydrogens is 285 g/mol. The molecule has 7 heteroatoms. The average Bonchev–Trinajstić information content (AvgIpc) is 2.92. The van der Waals surface area contributed by atoms with E-state index in [1.807, 2.05) is 0 Å². The average molecular weight is 299 g/mol. The number of hydrogen-bond acceptors (Lipinski definition) is 4. The Morgan fingerprint density at radius 2 is 2.05 bits per heavy atom. The molecule has 2 N–H and O–H groups in total. The van der Waals surface area contributed by atoms with Crippen LogP contribution in [0.3, 0.4) is 0 Å². The minimum Gasteiger partial charge on any atom is -0.472 e. The fourth-order valence-electron chi connectivity index (χ4n) is 1.70. The molecule has 1 aromatic heterocycles. The molecule has 2 aromatic rings. The number of furan rings is 1. The van der Waals surface area contributed by atoms with Gasteiger partial charge in [-0.2, -0.15) is 0 Å². The van der Waals surface area contributed by atoms with Gasteiger partial charge in [-0.3, -0.25) is 0 Å². The molecule has 108 valence electrons. The molecule has 1 heterocycles. The molecule has 0 saturated carbocycles. The summed E-state index contributed by atoms with van der Waals surface area (Å²) in [5.41, 5.74) is 0.565. The van der Waals surface area contributed by atoms with E-state index < -0.39 is 26.8 Å². The first-order valence-corrected chi connectivity index (χ1v) is 7.43. The second-order valence-electron chi connectivity index (χ2n) is 4.19. The lowest BCUT2D eigenvalue weighted by Crippen LogP contribution is -2.26. The number of hydrogen-bond donors (Lipinski definition) is 2. The van der Waals surface area contributed by atoms with Crippen molar-refractivity contribution < 1.29 is 22.3 Å². The molecule has 0 aliphatic rings. The molecule has 5 nitrogen and oxygen atoms in total. The van der Waals surface area contributed by atoms with Crippen LogP contribution in [0.5, 0.6) is 0 Å². The number of rotatable bonds is 6. The van der Waals surface area contributed by atoms with Crippen molar-refractivity contribution in [2.75, 3.05) is 6.54 Å². The lowest BCUT2D eigenvalue weighted by molar-refractivity contribution is 0.168. The van der Waals surface area contributed by atoms with E-state index in [1.165, 1.54) is 30.7 Å². The molecule has 0 fully saturated rings. The van der Waals surface area contributed by atoms with Crippen molar-refractivity contribution in [3.63, 3.8) is 0 Å². The molecule has 0 aliphatic heterocycles. The summed E-state index contributed by atoms with van der Waals surface area (Å²) in [6.45, 7) is -0.0109. The molecular formula is C13H14FNO4S. The number of benzene rings is 1. The van der Waals surface area contributed by atoms with Crippen molar-refractivity contribution in [3.8, 4) is 0 Å². The van der Waals surface area contributed by atoms with Crippen molar-refractivity contribution >= 4 is 10.0 Å². The standard InChI is InChI=1S/C13H14FNO4S/c14-11-3-1-2-4-13(11)20(17,18)15-7-5-12(16)10-6-8-19-9-10/h1-4,6,8-9,12,15-16H,5,7H2/t12-/m1/s1. The Morgan fingerprint density at radius 3 is 2.70 bits per heavy atom. The fourth-order valence-corrected chi connectivity index (χ4v) is 2.83. The van der Waals surface area contributed by atoms with E-state index >= 15 is 0 Å². The Balaban J connectivity index is 1.95. The normalized spacial score (nSPS) is 13.3. The summed E-state index contributed by atoms with van der Waals surface area (Å²) in [4.78, 5) is -0.405. The number of nitrogens with one attached hydrogen (secondary N) is 1. The molecule has 0 spiro atoms. The van der Waals surface area contributed by atoms with E-state index in [2.05, 4.69) is 4.72 Å². The van der Waals surface area contributed by atoms with Crippen LogP contribution in [-0.4, -0.2) is 20.1 Å². The SMILES string of the molecule is O=S(=O)(NCC[C@@H](O)c1ccoc1)c1ccccc1F. The van der Waals surface area contributed by atoms with E-state index in [9.17, 15) is 17.9 Å². The van der Waals surface area contributed by atoms with Gasteiger partial charge in [-0.15, -0.1) is 0 Å². The van der Waals surface area contributed by atoms with Gasteiger partial charge in [0, 0.05) is 12.1 Å². The van der Waals surface area contributed by atoms with Gasteiger partial charge in [0.25, 0.3) is 0 Å². The van der Waals surface area contributed by atoms with E-state index in [0.717, 1.165) is 6.07 Å². The van der Waals surface area contributed by atoms with Crippen LogP contribution >= 0.6 is 0 Å². The lowest BCUT2D eigenvalue weighted by atomic mass is 10.1. The first-order chi connectivity index (χ1) is 9.50. The smallest absolute Gasteiger partial charge is 0.243 e. The van der Waals surface area contributed by atoms with Crippen LogP contribution in [0.15, 0.2) is 52.2 Å². The van der Waals surface area contributed by atoms with Gasteiger partial charge in [0.2, 0.25) is 10.0 Å². The van der Waals surface area contributed by atoms with Gasteiger partial charge in [0.15, 0.2) is 0 Å². The summed E-state index contributed by atoms with van der Waals surface area (Å²) in [6, 6.07) is 6.71. The monoisotopic (exact) mass is 299 g/mol.